The number of ether oxygens (including phenoxy) is 1. The first-order valence-electron chi connectivity index (χ1n) is 9.59. The lowest BCUT2D eigenvalue weighted by Gasteiger charge is -2.41. The number of rotatable bonds is 5. The molecule has 10 heteroatoms. The molecule has 1 aliphatic rings. The molecule has 4 rings (SSSR count). The molecule has 0 amide bonds. The summed E-state index contributed by atoms with van der Waals surface area (Å²) < 4.78 is 8.35. The van der Waals surface area contributed by atoms with Crippen LogP contribution in [0.4, 0.5) is 11.4 Å². The molecule has 1 unspecified atom stereocenters. The van der Waals surface area contributed by atoms with Crippen LogP contribution in [0.25, 0.3) is 5.69 Å². The van der Waals surface area contributed by atoms with Crippen LogP contribution < -0.4 is 9.64 Å². The van der Waals surface area contributed by atoms with Crippen molar-refractivity contribution < 1.29 is 14.6 Å². The van der Waals surface area contributed by atoms with Gasteiger partial charge in [0.15, 0.2) is 15.9 Å². The van der Waals surface area contributed by atoms with Crippen LogP contribution in [0.3, 0.4) is 0 Å². The third-order valence-corrected chi connectivity index (χ3v) is 6.22. The van der Waals surface area contributed by atoms with E-state index in [9.17, 15) is 9.90 Å². The van der Waals surface area contributed by atoms with E-state index in [1.807, 2.05) is 54.4 Å². The van der Waals surface area contributed by atoms with Gasteiger partial charge in [-0.3, -0.25) is 14.8 Å². The predicted molar refractivity (Wildman–Crippen MR) is 124 cm³/mol. The number of benzene rings is 2. The van der Waals surface area contributed by atoms with Gasteiger partial charge in [0, 0.05) is 12.7 Å². The second kappa shape index (κ2) is 8.12. The lowest BCUT2D eigenvalue weighted by molar-refractivity contribution is -0.143. The molecule has 160 valence electrons. The molecular weight excluding hydrogens is 434 g/mol. The SMILES string of the molecule is CN1c2ccc(OC=Nc3cccc(-n4c(=S)[nH][nH]c4=S)c3)cc2CCC1(C)C(=O)O. The van der Waals surface area contributed by atoms with Gasteiger partial charge in [-0.15, -0.1) is 0 Å². The Bertz CT molecular complexity index is 1260. The van der Waals surface area contributed by atoms with Crippen LogP contribution >= 0.6 is 24.4 Å². The van der Waals surface area contributed by atoms with Crippen LogP contribution in [0, 0.1) is 9.54 Å². The number of carboxylic acid groups (broad SMARTS) is 1. The van der Waals surface area contributed by atoms with E-state index in [1.165, 1.54) is 6.40 Å². The number of likely N-dealkylation sites (N-methyl/N-ethyl adjacent to an activating group) is 1. The van der Waals surface area contributed by atoms with Gasteiger partial charge in [0.2, 0.25) is 0 Å². The van der Waals surface area contributed by atoms with Crippen molar-refractivity contribution in [3.8, 4) is 11.4 Å². The van der Waals surface area contributed by atoms with E-state index < -0.39 is 11.5 Å². The number of hydrogen-bond acceptors (Lipinski definition) is 6. The number of hydrogen-bond donors (Lipinski definition) is 3. The summed E-state index contributed by atoms with van der Waals surface area (Å²) in [5, 5.41) is 15.2. The molecule has 0 spiro atoms. The molecule has 0 aliphatic carbocycles. The number of carbonyl (C=O) groups is 1. The summed E-state index contributed by atoms with van der Waals surface area (Å²) in [5.41, 5.74) is 2.51. The number of fused-ring (bicyclic) bond motifs is 1. The smallest absolute Gasteiger partial charge is 0.329 e. The van der Waals surface area contributed by atoms with Crippen LogP contribution in [-0.2, 0) is 11.2 Å². The fourth-order valence-electron chi connectivity index (χ4n) is 3.63. The maximum atomic E-state index is 11.7. The molecule has 2 heterocycles. The number of H-pyrrole nitrogens is 2. The molecule has 1 aliphatic heterocycles. The summed E-state index contributed by atoms with van der Waals surface area (Å²) in [5.74, 6) is -0.182. The van der Waals surface area contributed by atoms with Gasteiger partial charge in [-0.2, -0.15) is 0 Å². The number of nitrogens with zero attached hydrogens (tertiary/aromatic N) is 3. The molecular formula is C21H21N5O3S2. The minimum absolute atomic E-state index is 0.473. The molecule has 0 radical (unpaired) electrons. The van der Waals surface area contributed by atoms with Crippen molar-refractivity contribution >= 4 is 48.2 Å². The zero-order valence-corrected chi connectivity index (χ0v) is 18.6. The van der Waals surface area contributed by atoms with Gasteiger partial charge in [0.05, 0.1) is 11.4 Å². The average molecular weight is 456 g/mol. The number of aryl methyl sites for hydroxylation is 1. The average Bonchev–Trinajstić information content (AvgIpc) is 3.09. The fraction of sp³-hybridized carbons (Fsp3) is 0.238. The number of anilines is 1. The Hall–Kier alpha value is -3.24. The number of aromatic amines is 2. The number of aliphatic carboxylic acids is 1. The van der Waals surface area contributed by atoms with Crippen LogP contribution in [0.2, 0.25) is 0 Å². The van der Waals surface area contributed by atoms with Gasteiger partial charge in [-0.1, -0.05) is 6.07 Å². The van der Waals surface area contributed by atoms with Crippen molar-refractivity contribution in [2.75, 3.05) is 11.9 Å². The van der Waals surface area contributed by atoms with Crippen molar-refractivity contribution in [2.24, 2.45) is 4.99 Å². The van der Waals surface area contributed by atoms with E-state index in [-0.39, 0.29) is 0 Å². The second-order valence-corrected chi connectivity index (χ2v) is 8.27. The maximum absolute atomic E-state index is 11.7. The molecule has 0 saturated carbocycles. The molecule has 31 heavy (non-hydrogen) atoms. The first-order valence-corrected chi connectivity index (χ1v) is 10.4. The van der Waals surface area contributed by atoms with Gasteiger partial charge >= 0.3 is 5.97 Å². The van der Waals surface area contributed by atoms with Gasteiger partial charge < -0.3 is 14.7 Å². The Morgan fingerprint density at radius 3 is 2.68 bits per heavy atom. The van der Waals surface area contributed by atoms with E-state index in [2.05, 4.69) is 15.2 Å². The molecule has 3 aromatic rings. The fourth-order valence-corrected chi connectivity index (χ4v) is 4.18. The minimum atomic E-state index is -0.910. The van der Waals surface area contributed by atoms with Crippen LogP contribution in [0.1, 0.15) is 18.9 Å². The van der Waals surface area contributed by atoms with Gasteiger partial charge in [-0.25, -0.2) is 9.79 Å². The number of nitrogens with one attached hydrogen (secondary N) is 2. The van der Waals surface area contributed by atoms with E-state index in [4.69, 9.17) is 29.2 Å². The zero-order chi connectivity index (χ0) is 22.2. The minimum Gasteiger partial charge on any atom is -0.480 e. The van der Waals surface area contributed by atoms with Crippen LogP contribution in [0.15, 0.2) is 47.5 Å². The molecule has 2 aromatic carbocycles. The summed E-state index contributed by atoms with van der Waals surface area (Å²) >= 11 is 10.5. The van der Waals surface area contributed by atoms with Crippen molar-refractivity contribution in [2.45, 2.75) is 25.3 Å². The molecule has 1 aromatic heterocycles. The number of carboxylic acids is 1. The first-order chi connectivity index (χ1) is 14.8. The maximum Gasteiger partial charge on any atom is 0.329 e. The highest BCUT2D eigenvalue weighted by molar-refractivity contribution is 7.72. The van der Waals surface area contributed by atoms with Crippen LogP contribution in [0.5, 0.6) is 5.75 Å². The van der Waals surface area contributed by atoms with Gasteiger partial charge in [0.25, 0.3) is 0 Å². The normalized spacial score (nSPS) is 18.2. The predicted octanol–water partition coefficient (Wildman–Crippen LogP) is 4.56. The van der Waals surface area contributed by atoms with Crippen molar-refractivity contribution in [1.29, 1.82) is 0 Å². The Morgan fingerprint density at radius 2 is 1.97 bits per heavy atom. The van der Waals surface area contributed by atoms with E-state index in [1.54, 1.807) is 11.5 Å². The summed E-state index contributed by atoms with van der Waals surface area (Å²) in [4.78, 5) is 17.9. The molecule has 3 N–H and O–H groups in total. The zero-order valence-electron chi connectivity index (χ0n) is 17.0. The third-order valence-electron chi connectivity index (χ3n) is 5.66. The standard InChI is InChI=1S/C21H21N5O3S2/c1-21(18(27)28)9-8-13-10-16(6-7-17(13)25(21)2)29-12-22-14-4-3-5-15(11-14)26-19(30)23-24-20(26)31/h3-7,10-12H,8-9H2,1-2H3,(H,23,30)(H,24,31)(H,27,28). The summed E-state index contributed by atoms with van der Waals surface area (Å²) in [6.07, 6.45) is 2.57. The summed E-state index contributed by atoms with van der Waals surface area (Å²) in [6.45, 7) is 1.75. The van der Waals surface area contributed by atoms with Crippen LogP contribution in [-0.4, -0.2) is 44.8 Å². The molecule has 0 fully saturated rings. The largest absolute Gasteiger partial charge is 0.480 e. The summed E-state index contributed by atoms with van der Waals surface area (Å²) in [6, 6.07) is 13.1. The molecule has 8 nitrogen and oxygen atoms in total. The second-order valence-electron chi connectivity index (χ2n) is 7.50. The van der Waals surface area contributed by atoms with Gasteiger partial charge in [-0.05, 0) is 86.2 Å². The quantitative estimate of drug-likeness (QED) is 0.296. The lowest BCUT2D eigenvalue weighted by atomic mass is 9.86. The van der Waals surface area contributed by atoms with E-state index in [0.29, 0.717) is 33.8 Å². The number of aliphatic imine (C=N–C) groups is 1. The molecule has 1 atom stereocenters. The number of aromatic nitrogens is 3. The monoisotopic (exact) mass is 455 g/mol. The Morgan fingerprint density at radius 1 is 1.23 bits per heavy atom. The van der Waals surface area contributed by atoms with Gasteiger partial charge in [0.1, 0.15) is 11.3 Å². The lowest BCUT2D eigenvalue weighted by Crippen LogP contribution is -2.53. The van der Waals surface area contributed by atoms with E-state index in [0.717, 1.165) is 16.9 Å². The topological polar surface area (TPSA) is 98.6 Å². The van der Waals surface area contributed by atoms with E-state index >= 15 is 0 Å². The third kappa shape index (κ3) is 3.91. The Labute approximate surface area is 188 Å². The summed E-state index contributed by atoms with van der Waals surface area (Å²) in [7, 11) is 1.81. The highest BCUT2D eigenvalue weighted by atomic mass is 32.1. The van der Waals surface area contributed by atoms with Crippen molar-refractivity contribution in [1.82, 2.24) is 14.8 Å². The van der Waals surface area contributed by atoms with Crippen molar-refractivity contribution in [3.05, 3.63) is 57.6 Å². The highest BCUT2D eigenvalue weighted by Crippen LogP contribution is 2.37. The Kier molecular flexibility index (Phi) is 5.50. The molecule has 0 saturated heterocycles. The molecule has 0 bridgehead atoms. The first kappa shape index (κ1) is 21.0. The Balaban J connectivity index is 1.51. The van der Waals surface area contributed by atoms with Crippen molar-refractivity contribution in [3.63, 3.8) is 0 Å². The highest BCUT2D eigenvalue weighted by Gasteiger charge is 2.41.